The van der Waals surface area contributed by atoms with Gasteiger partial charge in [0.25, 0.3) is 5.91 Å². The zero-order valence-corrected chi connectivity index (χ0v) is 17.2. The lowest BCUT2D eigenvalue weighted by molar-refractivity contribution is -0.131. The van der Waals surface area contributed by atoms with Gasteiger partial charge in [0.2, 0.25) is 5.91 Å². The number of thiophene rings is 1. The number of likely N-dealkylation sites (tertiary alicyclic amines) is 1. The Hall–Kier alpha value is -2.38. The third-order valence-electron chi connectivity index (χ3n) is 5.01. The van der Waals surface area contributed by atoms with Crippen LogP contribution in [0.15, 0.2) is 41.8 Å². The lowest BCUT2D eigenvalue weighted by Crippen LogP contribution is -2.47. The number of methoxy groups -OCH3 is 1. The Balaban J connectivity index is 1.42. The van der Waals surface area contributed by atoms with E-state index >= 15 is 0 Å². The van der Waals surface area contributed by atoms with Crippen LogP contribution < -0.4 is 10.1 Å². The molecule has 2 heterocycles. The molecule has 0 aliphatic carbocycles. The fraction of sp³-hybridized carbons (Fsp3) is 0.429. The van der Waals surface area contributed by atoms with Crippen LogP contribution in [0.25, 0.3) is 0 Å². The summed E-state index contributed by atoms with van der Waals surface area (Å²) in [5, 5.41) is 5.01. The maximum absolute atomic E-state index is 12.6. The number of likely N-dealkylation sites (N-methyl/N-ethyl adjacent to an activating group) is 1. The molecule has 1 aliphatic rings. The molecule has 1 aliphatic heterocycles. The third kappa shape index (κ3) is 5.56. The summed E-state index contributed by atoms with van der Waals surface area (Å²) in [6.07, 6.45) is 1.73. The van der Waals surface area contributed by atoms with Gasteiger partial charge in [-0.05, 0) is 42.0 Å². The average molecular weight is 402 g/mol. The Morgan fingerprint density at radius 1 is 1.25 bits per heavy atom. The van der Waals surface area contributed by atoms with E-state index in [1.54, 1.807) is 12.0 Å². The van der Waals surface area contributed by atoms with Crippen molar-refractivity contribution in [2.24, 2.45) is 0 Å². The van der Waals surface area contributed by atoms with Crippen LogP contribution in [0.5, 0.6) is 5.75 Å². The maximum atomic E-state index is 12.6. The molecular weight excluding hydrogens is 374 g/mol. The van der Waals surface area contributed by atoms with E-state index < -0.39 is 0 Å². The van der Waals surface area contributed by atoms with E-state index in [1.807, 2.05) is 48.8 Å². The van der Waals surface area contributed by atoms with Crippen LogP contribution in [-0.4, -0.2) is 61.4 Å². The first kappa shape index (κ1) is 20.4. The van der Waals surface area contributed by atoms with Crippen LogP contribution in [-0.2, 0) is 11.3 Å². The number of carbonyl (C=O) groups excluding carboxylic acids is 2. The number of piperidine rings is 1. The molecule has 0 spiro atoms. The molecule has 2 aromatic rings. The smallest absolute Gasteiger partial charge is 0.261 e. The van der Waals surface area contributed by atoms with Crippen molar-refractivity contribution in [3.8, 4) is 5.75 Å². The van der Waals surface area contributed by atoms with Gasteiger partial charge >= 0.3 is 0 Å². The van der Waals surface area contributed by atoms with Crippen LogP contribution in [0.2, 0.25) is 0 Å². The summed E-state index contributed by atoms with van der Waals surface area (Å²) in [5.41, 5.74) is 1.05. The maximum Gasteiger partial charge on any atom is 0.261 e. The van der Waals surface area contributed by atoms with E-state index in [0.29, 0.717) is 13.1 Å². The number of amides is 2. The highest BCUT2D eigenvalue weighted by molar-refractivity contribution is 7.12. The lowest BCUT2D eigenvalue weighted by Gasteiger charge is -2.32. The topological polar surface area (TPSA) is 61.9 Å². The summed E-state index contributed by atoms with van der Waals surface area (Å²) < 4.78 is 5.24. The normalized spacial score (nSPS) is 15.2. The van der Waals surface area contributed by atoms with Gasteiger partial charge in [0.1, 0.15) is 5.75 Å². The first-order chi connectivity index (χ1) is 13.5. The number of carbonyl (C=O) groups is 2. The van der Waals surface area contributed by atoms with Gasteiger partial charge in [0, 0.05) is 32.7 Å². The summed E-state index contributed by atoms with van der Waals surface area (Å²) in [7, 11) is 3.47. The quantitative estimate of drug-likeness (QED) is 0.775. The van der Waals surface area contributed by atoms with Gasteiger partial charge < -0.3 is 15.0 Å². The van der Waals surface area contributed by atoms with Crippen molar-refractivity contribution < 1.29 is 14.3 Å². The van der Waals surface area contributed by atoms with Crippen molar-refractivity contribution in [2.75, 3.05) is 33.8 Å². The first-order valence-electron chi connectivity index (χ1n) is 9.49. The standard InChI is InChI=1S/C21H27N3O3S/c1-23(14-16-5-3-6-18(13-16)27-2)20(25)15-24-10-8-17(9-11-24)22-21(26)19-7-4-12-28-19/h3-7,12-13,17H,8-11,14-15H2,1-2H3,(H,22,26). The summed E-state index contributed by atoms with van der Waals surface area (Å²) in [4.78, 5) is 29.4. The highest BCUT2D eigenvalue weighted by atomic mass is 32.1. The monoisotopic (exact) mass is 401 g/mol. The van der Waals surface area contributed by atoms with Crippen LogP contribution >= 0.6 is 11.3 Å². The van der Waals surface area contributed by atoms with Crippen molar-refractivity contribution >= 4 is 23.2 Å². The number of hydrogen-bond acceptors (Lipinski definition) is 5. The molecule has 0 radical (unpaired) electrons. The van der Waals surface area contributed by atoms with Crippen molar-refractivity contribution in [1.29, 1.82) is 0 Å². The highest BCUT2D eigenvalue weighted by Crippen LogP contribution is 2.16. The second-order valence-electron chi connectivity index (χ2n) is 7.10. The van der Waals surface area contributed by atoms with E-state index in [9.17, 15) is 9.59 Å². The van der Waals surface area contributed by atoms with Gasteiger partial charge in [-0.15, -0.1) is 11.3 Å². The second kappa shape index (κ2) is 9.71. The van der Waals surface area contributed by atoms with Crippen molar-refractivity contribution in [2.45, 2.75) is 25.4 Å². The molecule has 1 aromatic carbocycles. The van der Waals surface area contributed by atoms with E-state index in [0.717, 1.165) is 42.1 Å². The Bertz CT molecular complexity index is 786. The fourth-order valence-corrected chi connectivity index (χ4v) is 3.97. The molecule has 7 heteroatoms. The number of hydrogen-bond donors (Lipinski definition) is 1. The van der Waals surface area contributed by atoms with E-state index in [-0.39, 0.29) is 17.9 Å². The van der Waals surface area contributed by atoms with Crippen molar-refractivity contribution in [3.05, 3.63) is 52.2 Å². The summed E-state index contributed by atoms with van der Waals surface area (Å²) in [6.45, 7) is 2.59. The molecule has 2 amide bonds. The van der Waals surface area contributed by atoms with E-state index in [2.05, 4.69) is 10.2 Å². The molecule has 150 valence electrons. The first-order valence-corrected chi connectivity index (χ1v) is 10.4. The number of benzene rings is 1. The minimum absolute atomic E-state index is 0.00236. The molecule has 1 saturated heterocycles. The molecule has 6 nitrogen and oxygen atoms in total. The molecule has 1 aromatic heterocycles. The molecular formula is C21H27N3O3S. The lowest BCUT2D eigenvalue weighted by atomic mass is 10.0. The molecule has 0 atom stereocenters. The van der Waals surface area contributed by atoms with Gasteiger partial charge in [-0.3, -0.25) is 14.5 Å². The van der Waals surface area contributed by atoms with Crippen molar-refractivity contribution in [1.82, 2.24) is 15.1 Å². The largest absolute Gasteiger partial charge is 0.497 e. The molecule has 0 saturated carbocycles. The number of nitrogens with zero attached hydrogens (tertiary/aromatic N) is 2. The summed E-state index contributed by atoms with van der Waals surface area (Å²) in [6, 6.07) is 11.7. The molecule has 1 N–H and O–H groups in total. The van der Waals surface area contributed by atoms with Crippen LogP contribution in [0, 0.1) is 0 Å². The summed E-state index contributed by atoms with van der Waals surface area (Å²) in [5.74, 6) is 0.899. The molecule has 28 heavy (non-hydrogen) atoms. The molecule has 0 bridgehead atoms. The molecule has 0 unspecified atom stereocenters. The van der Waals surface area contributed by atoms with E-state index in [4.69, 9.17) is 4.74 Å². The van der Waals surface area contributed by atoms with Crippen LogP contribution in [0.1, 0.15) is 28.1 Å². The van der Waals surface area contributed by atoms with Crippen LogP contribution in [0.4, 0.5) is 0 Å². The van der Waals surface area contributed by atoms with E-state index in [1.165, 1.54) is 11.3 Å². The zero-order chi connectivity index (χ0) is 19.9. The molecule has 3 rings (SSSR count). The fourth-order valence-electron chi connectivity index (χ4n) is 3.34. The van der Waals surface area contributed by atoms with Gasteiger partial charge in [-0.25, -0.2) is 0 Å². The zero-order valence-electron chi connectivity index (χ0n) is 16.4. The number of nitrogens with one attached hydrogen (secondary N) is 1. The Kier molecular flexibility index (Phi) is 7.06. The van der Waals surface area contributed by atoms with Gasteiger partial charge in [0.05, 0.1) is 18.5 Å². The Morgan fingerprint density at radius 2 is 2.04 bits per heavy atom. The SMILES string of the molecule is COc1cccc(CN(C)C(=O)CN2CCC(NC(=O)c3cccs3)CC2)c1. The van der Waals surface area contributed by atoms with Crippen molar-refractivity contribution in [3.63, 3.8) is 0 Å². The van der Waals surface area contributed by atoms with Crippen LogP contribution in [0.3, 0.4) is 0 Å². The predicted molar refractivity (Wildman–Crippen MR) is 111 cm³/mol. The minimum atomic E-state index is 0.00236. The Morgan fingerprint density at radius 3 is 2.71 bits per heavy atom. The summed E-state index contributed by atoms with van der Waals surface area (Å²) >= 11 is 1.45. The molecule has 1 fully saturated rings. The number of ether oxygens (including phenoxy) is 1. The predicted octanol–water partition coefficient (Wildman–Crippen LogP) is 2.61. The second-order valence-corrected chi connectivity index (χ2v) is 8.05. The third-order valence-corrected chi connectivity index (χ3v) is 5.87. The average Bonchev–Trinajstić information content (AvgIpc) is 3.24. The Labute approximate surface area is 170 Å². The number of rotatable bonds is 7. The van der Waals surface area contributed by atoms with Gasteiger partial charge in [0.15, 0.2) is 0 Å². The highest BCUT2D eigenvalue weighted by Gasteiger charge is 2.23. The van der Waals surface area contributed by atoms with Gasteiger partial charge in [-0.1, -0.05) is 18.2 Å². The minimum Gasteiger partial charge on any atom is -0.497 e. The van der Waals surface area contributed by atoms with Gasteiger partial charge in [-0.2, -0.15) is 0 Å².